The molecule has 0 spiro atoms. The van der Waals surface area contributed by atoms with Gasteiger partial charge in [0.15, 0.2) is 17.3 Å². The van der Waals surface area contributed by atoms with Crippen molar-refractivity contribution in [3.8, 4) is 23.0 Å². The summed E-state index contributed by atoms with van der Waals surface area (Å²) in [6.45, 7) is 4.22. The van der Waals surface area contributed by atoms with Crippen LogP contribution in [0.15, 0.2) is 36.1 Å². The van der Waals surface area contributed by atoms with Crippen LogP contribution in [-0.2, 0) is 4.79 Å². The zero-order valence-electron chi connectivity index (χ0n) is 17.5. The minimum absolute atomic E-state index is 0.0376. The number of hydrogen-bond acceptors (Lipinski definition) is 6. The SMILES string of the molecule is COc1ccc(/C=C2\Oc3c(ccc4c3[C@@H](CC(C)C)CC(=O)O4)C2=O)cc1OC. The Morgan fingerprint density at radius 3 is 2.53 bits per heavy atom. The van der Waals surface area contributed by atoms with Crippen molar-refractivity contribution >= 4 is 17.8 Å². The molecular formula is C24H24O6. The molecule has 0 amide bonds. The molecule has 30 heavy (non-hydrogen) atoms. The van der Waals surface area contributed by atoms with Crippen LogP contribution in [0.4, 0.5) is 0 Å². The lowest BCUT2D eigenvalue weighted by atomic mass is 9.84. The third kappa shape index (κ3) is 3.54. The van der Waals surface area contributed by atoms with E-state index in [2.05, 4.69) is 13.8 Å². The molecule has 2 aromatic rings. The average molecular weight is 408 g/mol. The normalized spacial score (nSPS) is 18.7. The maximum absolute atomic E-state index is 13.0. The average Bonchev–Trinajstić information content (AvgIpc) is 3.02. The predicted molar refractivity (Wildman–Crippen MR) is 111 cm³/mol. The van der Waals surface area contributed by atoms with Crippen LogP contribution in [0.1, 0.15) is 54.1 Å². The number of Topliss-reactive ketones (excluding diaryl/α,β-unsaturated/α-hetero) is 1. The summed E-state index contributed by atoms with van der Waals surface area (Å²) in [5.74, 6) is 2.29. The first-order valence-electron chi connectivity index (χ1n) is 9.95. The monoisotopic (exact) mass is 408 g/mol. The molecular weight excluding hydrogens is 384 g/mol. The second kappa shape index (κ2) is 7.86. The Bertz CT molecular complexity index is 1050. The van der Waals surface area contributed by atoms with E-state index in [-0.39, 0.29) is 29.9 Å². The number of hydrogen-bond donors (Lipinski definition) is 0. The molecule has 156 valence electrons. The van der Waals surface area contributed by atoms with Crippen LogP contribution in [0, 0.1) is 5.92 Å². The van der Waals surface area contributed by atoms with Gasteiger partial charge in [-0.15, -0.1) is 0 Å². The summed E-state index contributed by atoms with van der Waals surface area (Å²) in [5.41, 5.74) is 2.06. The molecule has 0 saturated carbocycles. The summed E-state index contributed by atoms with van der Waals surface area (Å²) >= 11 is 0. The molecule has 0 saturated heterocycles. The van der Waals surface area contributed by atoms with Crippen LogP contribution >= 0.6 is 0 Å². The molecule has 6 heteroatoms. The molecule has 0 bridgehead atoms. The number of ether oxygens (including phenoxy) is 4. The van der Waals surface area contributed by atoms with Gasteiger partial charge in [-0.25, -0.2) is 0 Å². The highest BCUT2D eigenvalue weighted by atomic mass is 16.5. The molecule has 0 aliphatic carbocycles. The van der Waals surface area contributed by atoms with Crippen LogP contribution in [0.25, 0.3) is 6.08 Å². The van der Waals surface area contributed by atoms with Gasteiger partial charge in [0.25, 0.3) is 0 Å². The summed E-state index contributed by atoms with van der Waals surface area (Å²) < 4.78 is 22.1. The van der Waals surface area contributed by atoms with Gasteiger partial charge < -0.3 is 18.9 Å². The predicted octanol–water partition coefficient (Wildman–Crippen LogP) is 4.76. The van der Waals surface area contributed by atoms with Gasteiger partial charge in [0.05, 0.1) is 26.2 Å². The molecule has 0 N–H and O–H groups in total. The van der Waals surface area contributed by atoms with Gasteiger partial charge in [-0.3, -0.25) is 9.59 Å². The van der Waals surface area contributed by atoms with Crippen LogP contribution in [0.3, 0.4) is 0 Å². The summed E-state index contributed by atoms with van der Waals surface area (Å²) in [6.07, 6.45) is 2.78. The Morgan fingerprint density at radius 1 is 1.07 bits per heavy atom. The number of esters is 1. The molecule has 6 nitrogen and oxygen atoms in total. The largest absolute Gasteiger partial charge is 0.493 e. The van der Waals surface area contributed by atoms with E-state index in [1.807, 2.05) is 6.07 Å². The Kier molecular flexibility index (Phi) is 5.24. The topological polar surface area (TPSA) is 71.1 Å². The Balaban J connectivity index is 1.73. The summed E-state index contributed by atoms with van der Waals surface area (Å²) in [6, 6.07) is 8.74. The Hall–Kier alpha value is -3.28. The van der Waals surface area contributed by atoms with E-state index < -0.39 is 0 Å². The first-order chi connectivity index (χ1) is 14.4. The molecule has 2 heterocycles. The van der Waals surface area contributed by atoms with Gasteiger partial charge in [0.1, 0.15) is 11.5 Å². The van der Waals surface area contributed by atoms with Gasteiger partial charge in [0.2, 0.25) is 5.78 Å². The van der Waals surface area contributed by atoms with Gasteiger partial charge >= 0.3 is 5.97 Å². The van der Waals surface area contributed by atoms with Crippen molar-refractivity contribution in [1.82, 2.24) is 0 Å². The van der Waals surface area contributed by atoms with Gasteiger partial charge in [-0.2, -0.15) is 0 Å². The van der Waals surface area contributed by atoms with Crippen molar-refractivity contribution in [3.05, 3.63) is 52.8 Å². The number of benzene rings is 2. The summed E-state index contributed by atoms with van der Waals surface area (Å²) in [5, 5.41) is 0. The molecule has 0 aromatic heterocycles. The van der Waals surface area contributed by atoms with E-state index >= 15 is 0 Å². The number of carbonyl (C=O) groups excluding carboxylic acids is 2. The van der Waals surface area contributed by atoms with E-state index in [4.69, 9.17) is 18.9 Å². The maximum Gasteiger partial charge on any atom is 0.311 e. The smallest absolute Gasteiger partial charge is 0.311 e. The lowest BCUT2D eigenvalue weighted by Gasteiger charge is -2.27. The lowest BCUT2D eigenvalue weighted by Crippen LogP contribution is -2.21. The summed E-state index contributed by atoms with van der Waals surface area (Å²) in [4.78, 5) is 25.0. The Labute approximate surface area is 175 Å². The molecule has 1 atom stereocenters. The fraction of sp³-hybridized carbons (Fsp3) is 0.333. The van der Waals surface area contributed by atoms with E-state index in [0.717, 1.165) is 17.5 Å². The van der Waals surface area contributed by atoms with Crippen molar-refractivity contribution in [2.45, 2.75) is 32.6 Å². The standard InChI is InChI=1S/C24H24O6/c1-13(2)9-15-12-21(25)29-18-8-6-16-23(26)20(30-24(16)22(15)18)11-14-5-7-17(27-3)19(10-14)28-4/h5-8,10-11,13,15H,9,12H2,1-4H3/b20-11-/t15-/m0/s1. The molecule has 2 aliphatic heterocycles. The second-order valence-corrected chi connectivity index (χ2v) is 7.91. The quantitative estimate of drug-likeness (QED) is 0.404. The van der Waals surface area contributed by atoms with Gasteiger partial charge in [0, 0.05) is 11.5 Å². The first kappa shape index (κ1) is 20.0. The number of carbonyl (C=O) groups is 2. The van der Waals surface area contributed by atoms with E-state index in [9.17, 15) is 9.59 Å². The van der Waals surface area contributed by atoms with Crippen molar-refractivity contribution in [1.29, 1.82) is 0 Å². The molecule has 0 unspecified atom stereocenters. The fourth-order valence-corrected chi connectivity index (χ4v) is 4.06. The number of allylic oxidation sites excluding steroid dienone is 1. The molecule has 2 aromatic carbocycles. The van der Waals surface area contributed by atoms with Crippen molar-refractivity contribution in [2.24, 2.45) is 5.92 Å². The van der Waals surface area contributed by atoms with E-state index in [1.165, 1.54) is 0 Å². The highest BCUT2D eigenvalue weighted by molar-refractivity contribution is 6.15. The summed E-state index contributed by atoms with van der Waals surface area (Å²) in [7, 11) is 3.13. The van der Waals surface area contributed by atoms with Crippen LogP contribution < -0.4 is 18.9 Å². The van der Waals surface area contributed by atoms with Crippen molar-refractivity contribution < 1.29 is 28.5 Å². The van der Waals surface area contributed by atoms with Crippen LogP contribution in [-0.4, -0.2) is 26.0 Å². The van der Waals surface area contributed by atoms with Crippen LogP contribution in [0.2, 0.25) is 0 Å². The number of fused-ring (bicyclic) bond motifs is 3. The number of rotatable bonds is 5. The molecule has 0 radical (unpaired) electrons. The highest BCUT2D eigenvalue weighted by Crippen LogP contribution is 2.48. The zero-order valence-corrected chi connectivity index (χ0v) is 17.5. The highest BCUT2D eigenvalue weighted by Gasteiger charge is 2.38. The zero-order chi connectivity index (χ0) is 21.4. The molecule has 2 aliphatic rings. The third-order valence-electron chi connectivity index (χ3n) is 5.34. The third-order valence-corrected chi connectivity index (χ3v) is 5.34. The molecule has 0 fully saturated rings. The minimum atomic E-state index is -0.251. The van der Waals surface area contributed by atoms with E-state index in [0.29, 0.717) is 34.5 Å². The fourth-order valence-electron chi connectivity index (χ4n) is 4.06. The van der Waals surface area contributed by atoms with E-state index in [1.54, 1.807) is 44.6 Å². The van der Waals surface area contributed by atoms with Crippen LogP contribution in [0.5, 0.6) is 23.0 Å². The Morgan fingerprint density at radius 2 is 1.83 bits per heavy atom. The van der Waals surface area contributed by atoms with Gasteiger partial charge in [-0.1, -0.05) is 19.9 Å². The second-order valence-electron chi connectivity index (χ2n) is 7.91. The number of ketones is 1. The van der Waals surface area contributed by atoms with Gasteiger partial charge in [-0.05, 0) is 48.2 Å². The van der Waals surface area contributed by atoms with Crippen molar-refractivity contribution in [3.63, 3.8) is 0 Å². The lowest BCUT2D eigenvalue weighted by molar-refractivity contribution is -0.136. The van der Waals surface area contributed by atoms with Crippen molar-refractivity contribution in [2.75, 3.05) is 14.2 Å². The first-order valence-corrected chi connectivity index (χ1v) is 9.95. The molecule has 4 rings (SSSR count). The number of methoxy groups -OCH3 is 2. The minimum Gasteiger partial charge on any atom is -0.493 e. The maximum atomic E-state index is 13.0.